The number of imidazole rings is 1. The van der Waals surface area contributed by atoms with Crippen molar-refractivity contribution in [2.45, 2.75) is 33.2 Å². The van der Waals surface area contributed by atoms with Crippen molar-refractivity contribution in [3.63, 3.8) is 0 Å². The van der Waals surface area contributed by atoms with Gasteiger partial charge in [-0.05, 0) is 25.0 Å². The van der Waals surface area contributed by atoms with Crippen LogP contribution < -0.4 is 0 Å². The molecule has 1 heterocycles. The molecule has 0 saturated heterocycles. The number of benzene rings is 1. The van der Waals surface area contributed by atoms with E-state index >= 15 is 0 Å². The second-order valence-corrected chi connectivity index (χ2v) is 4.96. The number of carbonyl (C=O) groups excluding carboxylic acids is 1. The second-order valence-electron chi connectivity index (χ2n) is 4.55. The molecule has 3 nitrogen and oxygen atoms in total. The Hall–Kier alpha value is -1.61. The molecule has 0 unspecified atom stereocenters. The first-order chi connectivity index (χ1) is 9.13. The maximum atomic E-state index is 12.3. The van der Waals surface area contributed by atoms with Crippen molar-refractivity contribution in [3.05, 3.63) is 52.6 Å². The second kappa shape index (κ2) is 6.02. The van der Waals surface area contributed by atoms with Crippen LogP contribution in [0.5, 0.6) is 0 Å². The van der Waals surface area contributed by atoms with Crippen molar-refractivity contribution >= 4 is 17.4 Å². The van der Waals surface area contributed by atoms with Crippen LogP contribution in [0.4, 0.5) is 0 Å². The largest absolute Gasteiger partial charge is 0.335 e. The van der Waals surface area contributed by atoms with Gasteiger partial charge in [0.2, 0.25) is 0 Å². The molecule has 0 aliphatic heterocycles. The predicted octanol–water partition coefficient (Wildman–Crippen LogP) is 3.68. The third kappa shape index (κ3) is 3.04. The first-order valence-electron chi connectivity index (χ1n) is 6.41. The minimum atomic E-state index is 0.0588. The van der Waals surface area contributed by atoms with Gasteiger partial charge in [-0.1, -0.05) is 30.7 Å². The Morgan fingerprint density at radius 3 is 2.95 bits per heavy atom. The lowest BCUT2D eigenvalue weighted by molar-refractivity contribution is 0.0989. The van der Waals surface area contributed by atoms with Gasteiger partial charge >= 0.3 is 0 Å². The summed E-state index contributed by atoms with van der Waals surface area (Å²) in [6.45, 7) is 4.86. The van der Waals surface area contributed by atoms with E-state index in [1.165, 1.54) is 0 Å². The number of nitrogens with zero attached hydrogens (tertiary/aromatic N) is 2. The molecule has 1 aromatic heterocycles. The van der Waals surface area contributed by atoms with Crippen LogP contribution in [0.3, 0.4) is 0 Å². The Morgan fingerprint density at radius 2 is 2.21 bits per heavy atom. The first kappa shape index (κ1) is 13.8. The van der Waals surface area contributed by atoms with E-state index in [9.17, 15) is 4.79 Å². The molecule has 2 aromatic rings. The molecule has 0 spiro atoms. The van der Waals surface area contributed by atoms with Gasteiger partial charge < -0.3 is 4.57 Å². The third-order valence-electron chi connectivity index (χ3n) is 3.15. The van der Waals surface area contributed by atoms with Crippen LogP contribution >= 0.6 is 11.6 Å². The number of Topliss-reactive ketones (excluding diaryl/α,β-unsaturated/α-hetero) is 1. The molecular formula is C15H17ClN2O. The molecular weight excluding hydrogens is 260 g/mol. The van der Waals surface area contributed by atoms with Crippen LogP contribution in [0.1, 0.15) is 35.1 Å². The van der Waals surface area contributed by atoms with E-state index < -0.39 is 0 Å². The van der Waals surface area contributed by atoms with Crippen molar-refractivity contribution < 1.29 is 4.79 Å². The quantitative estimate of drug-likeness (QED) is 0.781. The van der Waals surface area contributed by atoms with Crippen LogP contribution in [-0.4, -0.2) is 15.3 Å². The van der Waals surface area contributed by atoms with Gasteiger partial charge in [0.15, 0.2) is 5.78 Å². The number of halogens is 1. The molecule has 0 saturated carbocycles. The fourth-order valence-corrected chi connectivity index (χ4v) is 2.27. The van der Waals surface area contributed by atoms with Gasteiger partial charge in [-0.15, -0.1) is 0 Å². The summed E-state index contributed by atoms with van der Waals surface area (Å²) < 4.78 is 2.03. The van der Waals surface area contributed by atoms with Crippen molar-refractivity contribution in [1.82, 2.24) is 9.55 Å². The lowest BCUT2D eigenvalue weighted by Gasteiger charge is -2.08. The Morgan fingerprint density at radius 1 is 1.42 bits per heavy atom. The Bertz CT molecular complexity index is 590. The van der Waals surface area contributed by atoms with Gasteiger partial charge in [0, 0.05) is 29.5 Å². The van der Waals surface area contributed by atoms with Crippen LogP contribution in [-0.2, 0) is 13.0 Å². The van der Waals surface area contributed by atoms with E-state index in [4.69, 9.17) is 11.6 Å². The third-order valence-corrected chi connectivity index (χ3v) is 3.56. The molecule has 100 valence electrons. The Kier molecular flexibility index (Phi) is 4.38. The molecule has 2 rings (SSSR count). The van der Waals surface area contributed by atoms with Crippen LogP contribution in [0.25, 0.3) is 0 Å². The summed E-state index contributed by atoms with van der Waals surface area (Å²) in [5.74, 6) is 0.870. The number of hydrogen-bond donors (Lipinski definition) is 0. The Balaban J connectivity index is 2.21. The predicted molar refractivity (Wildman–Crippen MR) is 76.7 cm³/mol. The zero-order valence-corrected chi connectivity index (χ0v) is 11.9. The summed E-state index contributed by atoms with van der Waals surface area (Å²) in [6.07, 6.45) is 4.99. The van der Waals surface area contributed by atoms with Crippen molar-refractivity contribution in [2.24, 2.45) is 0 Å². The maximum Gasteiger partial charge on any atom is 0.170 e. The SMILES string of the molecule is CCCn1ccnc1CC(=O)c1cccc(Cl)c1C. The zero-order valence-electron chi connectivity index (χ0n) is 11.2. The van der Waals surface area contributed by atoms with Crippen LogP contribution in [0.2, 0.25) is 5.02 Å². The lowest BCUT2D eigenvalue weighted by atomic mass is 10.0. The monoisotopic (exact) mass is 276 g/mol. The molecule has 0 aliphatic rings. The van der Waals surface area contributed by atoms with E-state index in [1.807, 2.05) is 23.8 Å². The van der Waals surface area contributed by atoms with Crippen molar-refractivity contribution in [2.75, 3.05) is 0 Å². The molecule has 0 bridgehead atoms. The highest BCUT2D eigenvalue weighted by molar-refractivity contribution is 6.31. The normalized spacial score (nSPS) is 10.7. The van der Waals surface area contributed by atoms with E-state index in [-0.39, 0.29) is 5.78 Å². The van der Waals surface area contributed by atoms with Gasteiger partial charge in [0.25, 0.3) is 0 Å². The van der Waals surface area contributed by atoms with E-state index in [0.29, 0.717) is 17.0 Å². The summed E-state index contributed by atoms with van der Waals surface area (Å²) in [7, 11) is 0. The smallest absolute Gasteiger partial charge is 0.170 e. The molecule has 0 atom stereocenters. The standard InChI is InChI=1S/C15H17ClN2O/c1-3-8-18-9-7-17-15(18)10-14(19)12-5-4-6-13(16)11(12)2/h4-7,9H,3,8,10H2,1-2H3. The summed E-state index contributed by atoms with van der Waals surface area (Å²) in [6, 6.07) is 5.42. The highest BCUT2D eigenvalue weighted by atomic mass is 35.5. The number of carbonyl (C=O) groups is 1. The van der Waals surface area contributed by atoms with Crippen LogP contribution in [0, 0.1) is 6.92 Å². The van der Waals surface area contributed by atoms with Crippen molar-refractivity contribution in [3.8, 4) is 0 Å². The average Bonchev–Trinajstić information content (AvgIpc) is 2.80. The number of aromatic nitrogens is 2. The van der Waals surface area contributed by atoms with Gasteiger partial charge in [0.1, 0.15) is 5.82 Å². The maximum absolute atomic E-state index is 12.3. The first-order valence-corrected chi connectivity index (χ1v) is 6.79. The summed E-state index contributed by atoms with van der Waals surface area (Å²) >= 11 is 6.05. The molecule has 0 aliphatic carbocycles. The van der Waals surface area contributed by atoms with E-state index in [0.717, 1.165) is 24.4 Å². The molecule has 0 fully saturated rings. The van der Waals surface area contributed by atoms with Gasteiger partial charge in [0.05, 0.1) is 6.42 Å². The van der Waals surface area contributed by atoms with Gasteiger partial charge in [-0.25, -0.2) is 4.98 Å². The van der Waals surface area contributed by atoms with Gasteiger partial charge in [-0.2, -0.15) is 0 Å². The Labute approximate surface area is 118 Å². The molecule has 19 heavy (non-hydrogen) atoms. The molecule has 4 heteroatoms. The number of hydrogen-bond acceptors (Lipinski definition) is 2. The average molecular weight is 277 g/mol. The van der Waals surface area contributed by atoms with E-state index in [2.05, 4.69) is 11.9 Å². The van der Waals surface area contributed by atoms with E-state index in [1.54, 1.807) is 18.3 Å². The van der Waals surface area contributed by atoms with Gasteiger partial charge in [-0.3, -0.25) is 4.79 Å². The lowest BCUT2D eigenvalue weighted by Crippen LogP contribution is -2.11. The minimum Gasteiger partial charge on any atom is -0.335 e. The summed E-state index contributed by atoms with van der Waals surface area (Å²) in [4.78, 5) is 16.6. The van der Waals surface area contributed by atoms with Crippen molar-refractivity contribution in [1.29, 1.82) is 0 Å². The molecule has 0 radical (unpaired) electrons. The van der Waals surface area contributed by atoms with Crippen LogP contribution in [0.15, 0.2) is 30.6 Å². The molecule has 0 N–H and O–H groups in total. The number of aryl methyl sites for hydroxylation is 1. The number of ketones is 1. The summed E-state index contributed by atoms with van der Waals surface area (Å²) in [5, 5.41) is 0.628. The fraction of sp³-hybridized carbons (Fsp3) is 0.333. The fourth-order valence-electron chi connectivity index (χ4n) is 2.10. The molecule has 0 amide bonds. The molecule has 1 aromatic carbocycles. The summed E-state index contributed by atoms with van der Waals surface area (Å²) in [5.41, 5.74) is 1.52. The zero-order chi connectivity index (χ0) is 13.8. The highest BCUT2D eigenvalue weighted by Crippen LogP contribution is 2.20. The minimum absolute atomic E-state index is 0.0588. The number of rotatable bonds is 5. The topological polar surface area (TPSA) is 34.9 Å². The highest BCUT2D eigenvalue weighted by Gasteiger charge is 2.14.